The van der Waals surface area contributed by atoms with Gasteiger partial charge < -0.3 is 5.11 Å². The van der Waals surface area contributed by atoms with E-state index < -0.39 is 5.97 Å². The number of pyridine rings is 1. The van der Waals surface area contributed by atoms with Crippen molar-refractivity contribution in [1.29, 1.82) is 0 Å². The van der Waals surface area contributed by atoms with Gasteiger partial charge in [-0.1, -0.05) is 42.5 Å². The van der Waals surface area contributed by atoms with Crippen molar-refractivity contribution in [3.05, 3.63) is 72.6 Å². The molecule has 25 heavy (non-hydrogen) atoms. The molecule has 0 amide bonds. The normalized spacial score (nSPS) is 11.5. The highest BCUT2D eigenvalue weighted by Crippen LogP contribution is 2.29. The summed E-state index contributed by atoms with van der Waals surface area (Å²) in [7, 11) is 0. The smallest absolute Gasteiger partial charge is 0.309 e. The summed E-state index contributed by atoms with van der Waals surface area (Å²) in [5.41, 5.74) is 1.76. The molecule has 0 radical (unpaired) electrons. The van der Waals surface area contributed by atoms with Gasteiger partial charge in [0.05, 0.1) is 17.8 Å². The van der Waals surface area contributed by atoms with Gasteiger partial charge >= 0.3 is 5.97 Å². The van der Waals surface area contributed by atoms with Crippen LogP contribution in [0.4, 0.5) is 11.5 Å². The third-order valence-electron chi connectivity index (χ3n) is 3.91. The molecule has 0 saturated heterocycles. The Kier molecular flexibility index (Phi) is 3.70. The van der Waals surface area contributed by atoms with Gasteiger partial charge in [-0.15, -0.1) is 10.2 Å². The third-order valence-corrected chi connectivity index (χ3v) is 3.91. The lowest BCUT2D eigenvalue weighted by atomic mass is 10.1. The van der Waals surface area contributed by atoms with Crippen LogP contribution in [0.1, 0.15) is 5.69 Å². The quantitative estimate of drug-likeness (QED) is 0.558. The van der Waals surface area contributed by atoms with Crippen LogP contribution in [0.25, 0.3) is 16.4 Å². The molecule has 0 spiro atoms. The van der Waals surface area contributed by atoms with Crippen LogP contribution in [0.2, 0.25) is 0 Å². The van der Waals surface area contributed by atoms with E-state index in [0.29, 0.717) is 17.2 Å². The predicted molar refractivity (Wildman–Crippen MR) is 94.7 cm³/mol. The van der Waals surface area contributed by atoms with E-state index in [1.165, 1.54) is 0 Å². The first-order chi connectivity index (χ1) is 12.2. The molecule has 6 nitrogen and oxygen atoms in total. The van der Waals surface area contributed by atoms with E-state index in [9.17, 15) is 4.79 Å². The number of azo groups is 1. The standard InChI is InChI=1S/C19H14N4O2/c24-18(25)12-16-19(23-11-4-3-10-17(23)20-16)22-21-15-9-5-7-13-6-1-2-8-14(13)15/h1-11H,12H2,(H,24,25). The summed E-state index contributed by atoms with van der Waals surface area (Å²) >= 11 is 0. The lowest BCUT2D eigenvalue weighted by Crippen LogP contribution is -2.00. The molecule has 4 aromatic rings. The van der Waals surface area contributed by atoms with Crippen LogP contribution in [0.15, 0.2) is 77.1 Å². The lowest BCUT2D eigenvalue weighted by Gasteiger charge is -2.01. The lowest BCUT2D eigenvalue weighted by molar-refractivity contribution is -0.136. The first kappa shape index (κ1) is 15.0. The number of aliphatic carboxylic acids is 1. The van der Waals surface area contributed by atoms with E-state index >= 15 is 0 Å². The zero-order valence-corrected chi connectivity index (χ0v) is 13.2. The maximum absolute atomic E-state index is 11.1. The number of rotatable bonds is 4. The van der Waals surface area contributed by atoms with Crippen LogP contribution in [-0.2, 0) is 11.2 Å². The number of nitrogens with zero attached hydrogens (tertiary/aromatic N) is 4. The maximum atomic E-state index is 11.1. The second-order valence-corrected chi connectivity index (χ2v) is 5.58. The summed E-state index contributed by atoms with van der Waals surface area (Å²) in [4.78, 5) is 15.5. The molecule has 2 aromatic carbocycles. The number of aromatic nitrogens is 2. The average molecular weight is 330 g/mol. The minimum absolute atomic E-state index is 0.203. The molecule has 6 heteroatoms. The highest BCUT2D eigenvalue weighted by atomic mass is 16.4. The maximum Gasteiger partial charge on any atom is 0.309 e. The Hall–Kier alpha value is -3.54. The van der Waals surface area contributed by atoms with Crippen LogP contribution in [0.3, 0.4) is 0 Å². The fraction of sp³-hybridized carbons (Fsp3) is 0.0526. The monoisotopic (exact) mass is 330 g/mol. The highest BCUT2D eigenvalue weighted by molar-refractivity contribution is 5.92. The second-order valence-electron chi connectivity index (χ2n) is 5.58. The minimum atomic E-state index is -0.954. The zero-order valence-electron chi connectivity index (χ0n) is 13.2. The molecule has 0 unspecified atom stereocenters. The van der Waals surface area contributed by atoms with Crippen LogP contribution in [0, 0.1) is 0 Å². The molecule has 2 aromatic heterocycles. The second kappa shape index (κ2) is 6.16. The number of fused-ring (bicyclic) bond motifs is 2. The van der Waals surface area contributed by atoms with Crippen molar-refractivity contribution < 1.29 is 9.90 Å². The number of carboxylic acids is 1. The van der Waals surface area contributed by atoms with Crippen LogP contribution in [0.5, 0.6) is 0 Å². The molecule has 1 N–H and O–H groups in total. The first-order valence-corrected chi connectivity index (χ1v) is 7.79. The van der Waals surface area contributed by atoms with E-state index in [1.54, 1.807) is 10.6 Å². The van der Waals surface area contributed by atoms with Crippen molar-refractivity contribution >= 4 is 33.9 Å². The van der Waals surface area contributed by atoms with Crippen molar-refractivity contribution in [1.82, 2.24) is 9.38 Å². The molecule has 4 rings (SSSR count). The fourth-order valence-corrected chi connectivity index (χ4v) is 2.80. The first-order valence-electron chi connectivity index (χ1n) is 7.79. The molecule has 2 heterocycles. The van der Waals surface area contributed by atoms with Gasteiger partial charge in [0.1, 0.15) is 5.65 Å². The van der Waals surface area contributed by atoms with Gasteiger partial charge in [0.15, 0.2) is 5.82 Å². The number of hydrogen-bond donors (Lipinski definition) is 1. The molecule has 0 atom stereocenters. The van der Waals surface area contributed by atoms with E-state index in [4.69, 9.17) is 5.11 Å². The van der Waals surface area contributed by atoms with Crippen LogP contribution >= 0.6 is 0 Å². The SMILES string of the molecule is O=C(O)Cc1nc2ccccn2c1N=Nc1cccc2ccccc12. The summed E-state index contributed by atoms with van der Waals surface area (Å²) < 4.78 is 1.74. The number of hydrogen-bond acceptors (Lipinski definition) is 4. The molecular weight excluding hydrogens is 316 g/mol. The van der Waals surface area contributed by atoms with Gasteiger partial charge in [0, 0.05) is 11.6 Å². The van der Waals surface area contributed by atoms with E-state index in [1.807, 2.05) is 60.7 Å². The Morgan fingerprint density at radius 3 is 2.68 bits per heavy atom. The molecule has 0 saturated carbocycles. The molecule has 0 aliphatic heterocycles. The van der Waals surface area contributed by atoms with E-state index in [2.05, 4.69) is 15.2 Å². The predicted octanol–water partition coefficient (Wildman–Crippen LogP) is 4.53. The number of imidazole rings is 1. The Labute approximate surface area is 143 Å². The fourth-order valence-electron chi connectivity index (χ4n) is 2.80. The summed E-state index contributed by atoms with van der Waals surface area (Å²) in [6.07, 6.45) is 1.59. The summed E-state index contributed by atoms with van der Waals surface area (Å²) in [5.74, 6) is -0.518. The Balaban J connectivity index is 1.84. The topological polar surface area (TPSA) is 79.3 Å². The average Bonchev–Trinajstić information content (AvgIpc) is 2.96. The van der Waals surface area contributed by atoms with Crippen LogP contribution in [-0.4, -0.2) is 20.5 Å². The number of carbonyl (C=O) groups is 1. The van der Waals surface area contributed by atoms with E-state index in [-0.39, 0.29) is 6.42 Å². The molecule has 0 bridgehead atoms. The minimum Gasteiger partial charge on any atom is -0.481 e. The summed E-state index contributed by atoms with van der Waals surface area (Å²) in [6, 6.07) is 19.2. The summed E-state index contributed by atoms with van der Waals surface area (Å²) in [5, 5.41) is 19.9. The van der Waals surface area contributed by atoms with Crippen LogP contribution < -0.4 is 0 Å². The van der Waals surface area contributed by atoms with Gasteiger partial charge in [-0.2, -0.15) is 0 Å². The zero-order chi connectivity index (χ0) is 17.2. The van der Waals surface area contributed by atoms with Crippen molar-refractivity contribution in [3.8, 4) is 0 Å². The highest BCUT2D eigenvalue weighted by Gasteiger charge is 2.14. The van der Waals surface area contributed by atoms with Crippen molar-refractivity contribution in [3.63, 3.8) is 0 Å². The van der Waals surface area contributed by atoms with Gasteiger partial charge in [0.2, 0.25) is 0 Å². The molecular formula is C19H14N4O2. The van der Waals surface area contributed by atoms with Gasteiger partial charge in [-0.3, -0.25) is 9.20 Å². The van der Waals surface area contributed by atoms with Crippen molar-refractivity contribution in [2.75, 3.05) is 0 Å². The van der Waals surface area contributed by atoms with E-state index in [0.717, 1.165) is 16.5 Å². The number of benzene rings is 2. The van der Waals surface area contributed by atoms with Gasteiger partial charge in [-0.25, -0.2) is 4.98 Å². The molecule has 122 valence electrons. The third kappa shape index (κ3) is 2.85. The molecule has 0 aliphatic rings. The largest absolute Gasteiger partial charge is 0.481 e. The Bertz CT molecular complexity index is 1110. The van der Waals surface area contributed by atoms with Gasteiger partial charge in [0.25, 0.3) is 0 Å². The molecule has 0 aliphatic carbocycles. The Morgan fingerprint density at radius 2 is 1.80 bits per heavy atom. The summed E-state index contributed by atoms with van der Waals surface area (Å²) in [6.45, 7) is 0. The van der Waals surface area contributed by atoms with Crippen molar-refractivity contribution in [2.45, 2.75) is 6.42 Å². The van der Waals surface area contributed by atoms with Gasteiger partial charge in [-0.05, 0) is 23.6 Å². The molecule has 0 fully saturated rings. The number of carboxylic acid groups (broad SMARTS) is 1. The van der Waals surface area contributed by atoms with Crippen molar-refractivity contribution in [2.24, 2.45) is 10.2 Å². The Morgan fingerprint density at radius 1 is 1.00 bits per heavy atom.